The molecule has 0 saturated heterocycles. The van der Waals surface area contributed by atoms with E-state index < -0.39 is 17.3 Å². The highest BCUT2D eigenvalue weighted by Crippen LogP contribution is 2.44. The number of alkyl halides is 3. The van der Waals surface area contributed by atoms with Gasteiger partial charge in [0.25, 0.3) is 0 Å². The number of halogens is 3. The van der Waals surface area contributed by atoms with Crippen LogP contribution in [-0.2, 0) is 12.6 Å². The standard InChI is InChI=1S/C14H16F3NO2/c15-14(16,17)10-7-12-11(19-4-1-5-20-12)6-9(10)8-13(18)2-3-13/h6-7H,1-5,8,18H2. The zero-order valence-corrected chi connectivity index (χ0v) is 10.9. The predicted octanol–water partition coefficient (Wildman–Crippen LogP) is 2.90. The van der Waals surface area contributed by atoms with E-state index in [1.54, 1.807) is 0 Å². The van der Waals surface area contributed by atoms with Gasteiger partial charge in [-0.3, -0.25) is 0 Å². The van der Waals surface area contributed by atoms with E-state index >= 15 is 0 Å². The third kappa shape index (κ3) is 2.70. The van der Waals surface area contributed by atoms with Crippen LogP contribution in [-0.4, -0.2) is 18.8 Å². The molecule has 1 aromatic rings. The maximum absolute atomic E-state index is 13.2. The fourth-order valence-corrected chi connectivity index (χ4v) is 2.38. The molecule has 110 valence electrons. The fraction of sp³-hybridized carbons (Fsp3) is 0.571. The van der Waals surface area contributed by atoms with Gasteiger partial charge in [0.15, 0.2) is 11.5 Å². The lowest BCUT2D eigenvalue weighted by Gasteiger charge is -2.18. The molecule has 0 unspecified atom stereocenters. The number of hydrogen-bond donors (Lipinski definition) is 1. The van der Waals surface area contributed by atoms with E-state index in [4.69, 9.17) is 15.2 Å². The lowest BCUT2D eigenvalue weighted by molar-refractivity contribution is -0.138. The molecule has 1 aliphatic carbocycles. The van der Waals surface area contributed by atoms with Gasteiger partial charge in [0, 0.05) is 12.0 Å². The van der Waals surface area contributed by atoms with E-state index in [0.29, 0.717) is 25.4 Å². The highest BCUT2D eigenvalue weighted by atomic mass is 19.4. The van der Waals surface area contributed by atoms with Gasteiger partial charge in [-0.2, -0.15) is 13.2 Å². The van der Waals surface area contributed by atoms with Gasteiger partial charge in [-0.1, -0.05) is 0 Å². The first-order valence-corrected chi connectivity index (χ1v) is 6.66. The average Bonchev–Trinajstić information content (AvgIpc) is 3.10. The Labute approximate surface area is 114 Å². The van der Waals surface area contributed by atoms with Crippen LogP contribution in [0.5, 0.6) is 11.5 Å². The van der Waals surface area contributed by atoms with Gasteiger partial charge < -0.3 is 15.2 Å². The van der Waals surface area contributed by atoms with Gasteiger partial charge in [0.2, 0.25) is 0 Å². The SMILES string of the molecule is NC1(Cc2cc3c(cc2C(F)(F)F)OCCCO3)CC1. The van der Waals surface area contributed by atoms with Crippen molar-refractivity contribution in [3.8, 4) is 11.5 Å². The van der Waals surface area contributed by atoms with Crippen LogP contribution in [0.1, 0.15) is 30.4 Å². The van der Waals surface area contributed by atoms with Crippen LogP contribution in [0.4, 0.5) is 13.2 Å². The maximum Gasteiger partial charge on any atom is 0.416 e. The molecule has 0 atom stereocenters. The number of benzene rings is 1. The fourth-order valence-electron chi connectivity index (χ4n) is 2.38. The van der Waals surface area contributed by atoms with E-state index in [-0.39, 0.29) is 17.7 Å². The first-order valence-electron chi connectivity index (χ1n) is 6.66. The van der Waals surface area contributed by atoms with E-state index in [9.17, 15) is 13.2 Å². The summed E-state index contributed by atoms with van der Waals surface area (Å²) < 4.78 is 50.3. The van der Waals surface area contributed by atoms with Crippen LogP contribution in [0.15, 0.2) is 12.1 Å². The quantitative estimate of drug-likeness (QED) is 0.909. The minimum Gasteiger partial charge on any atom is -0.490 e. The van der Waals surface area contributed by atoms with Crippen LogP contribution in [0.25, 0.3) is 0 Å². The van der Waals surface area contributed by atoms with Crippen LogP contribution < -0.4 is 15.2 Å². The van der Waals surface area contributed by atoms with Crippen molar-refractivity contribution in [2.24, 2.45) is 5.73 Å². The van der Waals surface area contributed by atoms with Crippen LogP contribution >= 0.6 is 0 Å². The highest BCUT2D eigenvalue weighted by Gasteiger charge is 2.42. The van der Waals surface area contributed by atoms with Crippen LogP contribution in [0.2, 0.25) is 0 Å². The van der Waals surface area contributed by atoms with Crippen LogP contribution in [0, 0.1) is 0 Å². The van der Waals surface area contributed by atoms with Crippen molar-refractivity contribution in [1.29, 1.82) is 0 Å². The minimum absolute atomic E-state index is 0.167. The molecule has 0 aromatic heterocycles. The summed E-state index contributed by atoms with van der Waals surface area (Å²) in [7, 11) is 0. The Morgan fingerprint density at radius 3 is 2.25 bits per heavy atom. The third-order valence-electron chi connectivity index (χ3n) is 3.71. The summed E-state index contributed by atoms with van der Waals surface area (Å²) in [5, 5.41) is 0. The lowest BCUT2D eigenvalue weighted by Crippen LogP contribution is -2.26. The largest absolute Gasteiger partial charge is 0.490 e. The van der Waals surface area contributed by atoms with Gasteiger partial charge in [-0.05, 0) is 37.0 Å². The second-order valence-electron chi connectivity index (χ2n) is 5.54. The maximum atomic E-state index is 13.2. The summed E-state index contributed by atoms with van der Waals surface area (Å²) in [4.78, 5) is 0. The lowest BCUT2D eigenvalue weighted by atomic mass is 9.98. The molecule has 1 fully saturated rings. The van der Waals surface area contributed by atoms with Gasteiger partial charge >= 0.3 is 6.18 Å². The number of ether oxygens (including phenoxy) is 2. The molecule has 3 nitrogen and oxygen atoms in total. The molecular weight excluding hydrogens is 271 g/mol. The van der Waals surface area contributed by atoms with Crippen LogP contribution in [0.3, 0.4) is 0 Å². The normalized spacial score (nSPS) is 20.4. The molecule has 0 radical (unpaired) electrons. The minimum atomic E-state index is -4.41. The van der Waals surface area contributed by atoms with E-state index in [2.05, 4.69) is 0 Å². The Morgan fingerprint density at radius 1 is 1.10 bits per heavy atom. The first kappa shape index (κ1) is 13.5. The van der Waals surface area contributed by atoms with Crippen molar-refractivity contribution in [2.45, 2.75) is 37.4 Å². The monoisotopic (exact) mass is 287 g/mol. The van der Waals surface area contributed by atoms with Crippen molar-refractivity contribution >= 4 is 0 Å². The summed E-state index contributed by atoms with van der Waals surface area (Å²) >= 11 is 0. The average molecular weight is 287 g/mol. The molecule has 2 aliphatic rings. The molecule has 0 amide bonds. The highest BCUT2D eigenvalue weighted by molar-refractivity contribution is 5.49. The van der Waals surface area contributed by atoms with Crippen molar-refractivity contribution in [2.75, 3.05) is 13.2 Å². The summed E-state index contributed by atoms with van der Waals surface area (Å²) in [6.45, 7) is 0.816. The Bertz CT molecular complexity index is 524. The summed E-state index contributed by atoms with van der Waals surface area (Å²) in [6, 6.07) is 2.48. The smallest absolute Gasteiger partial charge is 0.416 e. The molecule has 1 saturated carbocycles. The Kier molecular flexibility index (Phi) is 3.08. The zero-order chi connectivity index (χ0) is 14.4. The second-order valence-corrected chi connectivity index (χ2v) is 5.54. The second kappa shape index (κ2) is 4.55. The summed E-state index contributed by atoms with van der Waals surface area (Å²) in [5.74, 6) is 0.551. The number of nitrogens with two attached hydrogens (primary N) is 1. The van der Waals surface area contributed by atoms with Crippen molar-refractivity contribution in [3.05, 3.63) is 23.3 Å². The van der Waals surface area contributed by atoms with Crippen molar-refractivity contribution in [3.63, 3.8) is 0 Å². The molecular formula is C14H16F3NO2. The molecule has 1 aliphatic heterocycles. The van der Waals surface area contributed by atoms with Crippen molar-refractivity contribution in [1.82, 2.24) is 0 Å². The molecule has 0 spiro atoms. The van der Waals surface area contributed by atoms with Gasteiger partial charge in [-0.15, -0.1) is 0 Å². The predicted molar refractivity (Wildman–Crippen MR) is 66.9 cm³/mol. The van der Waals surface area contributed by atoms with Gasteiger partial charge in [0.1, 0.15) is 0 Å². The topological polar surface area (TPSA) is 44.5 Å². The van der Waals surface area contributed by atoms with Crippen molar-refractivity contribution < 1.29 is 22.6 Å². The third-order valence-corrected chi connectivity index (χ3v) is 3.71. The Morgan fingerprint density at radius 2 is 1.70 bits per heavy atom. The van der Waals surface area contributed by atoms with E-state index in [0.717, 1.165) is 18.9 Å². The number of rotatable bonds is 2. The van der Waals surface area contributed by atoms with Gasteiger partial charge in [0.05, 0.1) is 18.8 Å². The molecule has 0 bridgehead atoms. The first-order chi connectivity index (χ1) is 9.37. The molecule has 2 N–H and O–H groups in total. The molecule has 20 heavy (non-hydrogen) atoms. The summed E-state index contributed by atoms with van der Waals surface area (Å²) in [6.07, 6.45) is -2.01. The number of hydrogen-bond acceptors (Lipinski definition) is 3. The molecule has 1 aromatic carbocycles. The van der Waals surface area contributed by atoms with Gasteiger partial charge in [-0.25, -0.2) is 0 Å². The molecule has 1 heterocycles. The van der Waals surface area contributed by atoms with E-state index in [1.807, 2.05) is 0 Å². The Hall–Kier alpha value is -1.43. The number of fused-ring (bicyclic) bond motifs is 1. The van der Waals surface area contributed by atoms with E-state index in [1.165, 1.54) is 6.07 Å². The summed E-state index contributed by atoms with van der Waals surface area (Å²) in [5.41, 5.74) is 5.00. The molecule has 6 heteroatoms. The molecule has 3 rings (SSSR count). The zero-order valence-electron chi connectivity index (χ0n) is 10.9. The Balaban J connectivity index is 2.03.